The zero-order chi connectivity index (χ0) is 14.4. The number of rotatable bonds is 6. The van der Waals surface area contributed by atoms with Crippen molar-refractivity contribution in [2.24, 2.45) is 0 Å². The molecule has 1 aromatic rings. The van der Waals surface area contributed by atoms with E-state index < -0.39 is 0 Å². The number of carbonyl (C=O) groups is 1. The Morgan fingerprint density at radius 2 is 1.79 bits per heavy atom. The molecular weight excluding hydrogens is 236 g/mol. The maximum absolute atomic E-state index is 11.8. The molecule has 0 aliphatic carbocycles. The molecular formula is C16H26N2O. The van der Waals surface area contributed by atoms with Crippen LogP contribution in [0.5, 0.6) is 0 Å². The average Bonchev–Trinajstić information content (AvgIpc) is 2.38. The molecule has 1 atom stereocenters. The van der Waals surface area contributed by atoms with Gasteiger partial charge in [0.1, 0.15) is 0 Å². The predicted octanol–water partition coefficient (Wildman–Crippen LogP) is 2.62. The third-order valence-electron chi connectivity index (χ3n) is 3.49. The van der Waals surface area contributed by atoms with Gasteiger partial charge >= 0.3 is 0 Å². The van der Waals surface area contributed by atoms with E-state index in [1.807, 2.05) is 6.92 Å². The van der Waals surface area contributed by atoms with Gasteiger partial charge in [-0.25, -0.2) is 0 Å². The Hall–Kier alpha value is -1.35. The summed E-state index contributed by atoms with van der Waals surface area (Å²) in [4.78, 5) is 11.8. The van der Waals surface area contributed by atoms with Gasteiger partial charge in [0.15, 0.2) is 0 Å². The minimum Gasteiger partial charge on any atom is -0.355 e. The van der Waals surface area contributed by atoms with Crippen LogP contribution < -0.4 is 10.6 Å². The minimum absolute atomic E-state index is 0.0725. The number of aryl methyl sites for hydroxylation is 3. The minimum atomic E-state index is -0.160. The van der Waals surface area contributed by atoms with Crippen molar-refractivity contribution in [2.75, 3.05) is 6.54 Å². The maximum Gasteiger partial charge on any atom is 0.236 e. The van der Waals surface area contributed by atoms with Gasteiger partial charge in [-0.05, 0) is 56.4 Å². The second-order valence-corrected chi connectivity index (χ2v) is 5.26. The molecule has 0 heterocycles. The molecule has 0 aromatic heterocycles. The summed E-state index contributed by atoms with van der Waals surface area (Å²) in [5.74, 6) is 0.0725. The monoisotopic (exact) mass is 262 g/mol. The van der Waals surface area contributed by atoms with Gasteiger partial charge in [0.25, 0.3) is 0 Å². The number of nitrogens with one attached hydrogen (secondary N) is 2. The molecule has 0 bridgehead atoms. The Morgan fingerprint density at radius 3 is 2.42 bits per heavy atom. The number of hydrogen-bond acceptors (Lipinski definition) is 2. The van der Waals surface area contributed by atoms with E-state index in [2.05, 4.69) is 50.5 Å². The largest absolute Gasteiger partial charge is 0.355 e. The molecule has 0 spiro atoms. The van der Waals surface area contributed by atoms with Crippen LogP contribution in [0.1, 0.15) is 42.5 Å². The summed E-state index contributed by atoms with van der Waals surface area (Å²) >= 11 is 0. The first-order valence-electron chi connectivity index (χ1n) is 7.03. The van der Waals surface area contributed by atoms with Gasteiger partial charge in [0, 0.05) is 13.1 Å². The summed E-state index contributed by atoms with van der Waals surface area (Å²) in [7, 11) is 0. The highest BCUT2D eigenvalue weighted by atomic mass is 16.2. The van der Waals surface area contributed by atoms with Crippen molar-refractivity contribution < 1.29 is 4.79 Å². The van der Waals surface area contributed by atoms with Gasteiger partial charge in [-0.1, -0.05) is 19.1 Å². The molecule has 1 amide bonds. The molecule has 0 aliphatic heterocycles. The molecule has 3 heteroatoms. The SMILES string of the molecule is CCCNC(=O)C(C)NCc1cc(C)c(C)cc1C. The van der Waals surface area contributed by atoms with E-state index in [9.17, 15) is 4.79 Å². The first-order chi connectivity index (χ1) is 8.95. The van der Waals surface area contributed by atoms with E-state index >= 15 is 0 Å². The normalized spacial score (nSPS) is 12.3. The van der Waals surface area contributed by atoms with Crippen molar-refractivity contribution in [3.8, 4) is 0 Å². The molecule has 0 fully saturated rings. The summed E-state index contributed by atoms with van der Waals surface area (Å²) in [5.41, 5.74) is 5.15. The van der Waals surface area contributed by atoms with Crippen LogP contribution in [0.4, 0.5) is 0 Å². The Labute approximate surface area is 116 Å². The first-order valence-corrected chi connectivity index (χ1v) is 7.03. The van der Waals surface area contributed by atoms with E-state index in [0.717, 1.165) is 19.5 Å². The van der Waals surface area contributed by atoms with Crippen LogP contribution in [-0.2, 0) is 11.3 Å². The lowest BCUT2D eigenvalue weighted by molar-refractivity contribution is -0.122. The molecule has 1 unspecified atom stereocenters. The molecule has 2 N–H and O–H groups in total. The van der Waals surface area contributed by atoms with Gasteiger partial charge in [-0.3, -0.25) is 4.79 Å². The standard InChI is InChI=1S/C16H26N2O/c1-6-7-17-16(19)14(5)18-10-15-9-12(3)11(2)8-13(15)4/h8-9,14,18H,6-7,10H2,1-5H3,(H,17,19). The quantitative estimate of drug-likeness (QED) is 0.827. The van der Waals surface area contributed by atoms with Crippen molar-refractivity contribution in [1.29, 1.82) is 0 Å². The molecule has 3 nitrogen and oxygen atoms in total. The highest BCUT2D eigenvalue weighted by Crippen LogP contribution is 2.15. The van der Waals surface area contributed by atoms with E-state index in [4.69, 9.17) is 0 Å². The van der Waals surface area contributed by atoms with Crippen molar-refractivity contribution in [3.63, 3.8) is 0 Å². The average molecular weight is 262 g/mol. The second-order valence-electron chi connectivity index (χ2n) is 5.26. The van der Waals surface area contributed by atoms with Crippen LogP contribution in [0.2, 0.25) is 0 Å². The summed E-state index contributed by atoms with van der Waals surface area (Å²) in [6.07, 6.45) is 0.967. The van der Waals surface area contributed by atoms with E-state index in [0.29, 0.717) is 0 Å². The van der Waals surface area contributed by atoms with Crippen LogP contribution in [0, 0.1) is 20.8 Å². The van der Waals surface area contributed by atoms with Crippen LogP contribution in [-0.4, -0.2) is 18.5 Å². The third-order valence-corrected chi connectivity index (χ3v) is 3.49. The maximum atomic E-state index is 11.8. The predicted molar refractivity (Wildman–Crippen MR) is 80.3 cm³/mol. The lowest BCUT2D eigenvalue weighted by Crippen LogP contribution is -2.42. The highest BCUT2D eigenvalue weighted by Gasteiger charge is 2.11. The number of benzene rings is 1. The lowest BCUT2D eigenvalue weighted by Gasteiger charge is -2.16. The van der Waals surface area contributed by atoms with E-state index in [-0.39, 0.29) is 11.9 Å². The topological polar surface area (TPSA) is 41.1 Å². The van der Waals surface area contributed by atoms with Gasteiger partial charge in [-0.15, -0.1) is 0 Å². The summed E-state index contributed by atoms with van der Waals surface area (Å²) in [5, 5.41) is 6.19. The first kappa shape index (κ1) is 15.7. The fourth-order valence-corrected chi connectivity index (χ4v) is 1.97. The third kappa shape index (κ3) is 4.67. The van der Waals surface area contributed by atoms with Crippen LogP contribution >= 0.6 is 0 Å². The van der Waals surface area contributed by atoms with E-state index in [1.165, 1.54) is 22.3 Å². The Balaban J connectivity index is 2.57. The molecule has 0 saturated carbocycles. The summed E-state index contributed by atoms with van der Waals surface area (Å²) < 4.78 is 0. The lowest BCUT2D eigenvalue weighted by atomic mass is 10.0. The molecule has 106 valence electrons. The summed E-state index contributed by atoms with van der Waals surface area (Å²) in [6.45, 7) is 11.8. The smallest absolute Gasteiger partial charge is 0.236 e. The van der Waals surface area contributed by atoms with E-state index in [1.54, 1.807) is 0 Å². The number of amides is 1. The molecule has 0 saturated heterocycles. The molecule has 19 heavy (non-hydrogen) atoms. The van der Waals surface area contributed by atoms with Gasteiger partial charge in [0.2, 0.25) is 5.91 Å². The Morgan fingerprint density at radius 1 is 1.16 bits per heavy atom. The van der Waals surface area contributed by atoms with Crippen LogP contribution in [0.15, 0.2) is 12.1 Å². The van der Waals surface area contributed by atoms with Crippen molar-refractivity contribution in [1.82, 2.24) is 10.6 Å². The van der Waals surface area contributed by atoms with Crippen LogP contribution in [0.3, 0.4) is 0 Å². The van der Waals surface area contributed by atoms with Crippen molar-refractivity contribution >= 4 is 5.91 Å². The van der Waals surface area contributed by atoms with Gasteiger partial charge in [-0.2, -0.15) is 0 Å². The zero-order valence-electron chi connectivity index (χ0n) is 12.8. The molecule has 1 aromatic carbocycles. The van der Waals surface area contributed by atoms with Crippen molar-refractivity contribution in [3.05, 3.63) is 34.4 Å². The van der Waals surface area contributed by atoms with Crippen LogP contribution in [0.25, 0.3) is 0 Å². The Bertz CT molecular complexity index is 441. The second kappa shape index (κ2) is 7.29. The number of carbonyl (C=O) groups excluding carboxylic acids is 1. The van der Waals surface area contributed by atoms with Gasteiger partial charge in [0.05, 0.1) is 6.04 Å². The molecule has 1 rings (SSSR count). The Kier molecular flexibility index (Phi) is 6.03. The fourth-order valence-electron chi connectivity index (χ4n) is 1.97. The summed E-state index contributed by atoms with van der Waals surface area (Å²) in [6, 6.07) is 4.25. The van der Waals surface area contributed by atoms with Gasteiger partial charge < -0.3 is 10.6 Å². The van der Waals surface area contributed by atoms with Crippen molar-refractivity contribution in [2.45, 2.75) is 53.6 Å². The number of hydrogen-bond donors (Lipinski definition) is 2. The fraction of sp³-hybridized carbons (Fsp3) is 0.562. The zero-order valence-corrected chi connectivity index (χ0v) is 12.8. The highest BCUT2D eigenvalue weighted by molar-refractivity contribution is 5.81. The molecule has 0 radical (unpaired) electrons. The molecule has 0 aliphatic rings.